The van der Waals surface area contributed by atoms with Gasteiger partial charge in [0, 0.05) is 25.2 Å². The lowest BCUT2D eigenvalue weighted by atomic mass is 9.75. The molecule has 2 aromatic rings. The van der Waals surface area contributed by atoms with Crippen LogP contribution in [0.15, 0.2) is 30.5 Å². The molecular formula is C14H18N4. The van der Waals surface area contributed by atoms with Crippen molar-refractivity contribution in [1.82, 2.24) is 15.0 Å². The van der Waals surface area contributed by atoms with E-state index in [0.29, 0.717) is 0 Å². The van der Waals surface area contributed by atoms with Crippen LogP contribution in [-0.4, -0.2) is 15.0 Å². The third-order valence-corrected chi connectivity index (χ3v) is 3.77. The van der Waals surface area contributed by atoms with Crippen LogP contribution in [0.3, 0.4) is 0 Å². The van der Waals surface area contributed by atoms with E-state index >= 15 is 0 Å². The van der Waals surface area contributed by atoms with Crippen LogP contribution in [0.5, 0.6) is 0 Å². The van der Waals surface area contributed by atoms with E-state index in [2.05, 4.69) is 34.6 Å². The second kappa shape index (κ2) is 4.21. The Hall–Kier alpha value is -1.68. The van der Waals surface area contributed by atoms with Gasteiger partial charge in [0.05, 0.1) is 5.69 Å². The van der Waals surface area contributed by atoms with Gasteiger partial charge in [-0.15, -0.1) is 5.10 Å². The summed E-state index contributed by atoms with van der Waals surface area (Å²) in [6.07, 6.45) is 6.01. The number of hydrogen-bond acceptors (Lipinski definition) is 3. The summed E-state index contributed by atoms with van der Waals surface area (Å²) < 4.78 is 1.73. The molecule has 0 radical (unpaired) electrons. The molecule has 1 aliphatic carbocycles. The normalized spacial score (nSPS) is 22.8. The number of nitrogens with two attached hydrogens (primary N) is 1. The lowest BCUT2D eigenvalue weighted by Crippen LogP contribution is -2.42. The zero-order chi connectivity index (χ0) is 12.6. The summed E-state index contributed by atoms with van der Waals surface area (Å²) in [6, 6.07) is 8.51. The second-order valence-corrected chi connectivity index (χ2v) is 5.23. The molecule has 4 heteroatoms. The maximum atomic E-state index is 6.63. The molecule has 18 heavy (non-hydrogen) atoms. The number of aryl methyl sites for hydroxylation is 2. The number of hydrogen-bond donors (Lipinski definition) is 1. The highest BCUT2D eigenvalue weighted by Gasteiger charge is 2.33. The predicted molar refractivity (Wildman–Crippen MR) is 70.0 cm³/mol. The van der Waals surface area contributed by atoms with Crippen molar-refractivity contribution in [2.45, 2.75) is 31.2 Å². The first-order valence-corrected chi connectivity index (χ1v) is 6.40. The smallest absolute Gasteiger partial charge is 0.0848 e. The summed E-state index contributed by atoms with van der Waals surface area (Å²) in [5.41, 5.74) is 9.98. The van der Waals surface area contributed by atoms with Gasteiger partial charge in [0.15, 0.2) is 0 Å². The van der Waals surface area contributed by atoms with Gasteiger partial charge in [0.1, 0.15) is 0 Å². The summed E-state index contributed by atoms with van der Waals surface area (Å²) in [4.78, 5) is 0. The molecule has 1 aliphatic rings. The molecule has 1 heterocycles. The molecule has 0 saturated carbocycles. The van der Waals surface area contributed by atoms with Gasteiger partial charge in [-0.1, -0.05) is 29.5 Å². The van der Waals surface area contributed by atoms with Crippen molar-refractivity contribution in [1.29, 1.82) is 0 Å². The van der Waals surface area contributed by atoms with Gasteiger partial charge >= 0.3 is 0 Å². The zero-order valence-corrected chi connectivity index (χ0v) is 10.6. The van der Waals surface area contributed by atoms with Crippen molar-refractivity contribution < 1.29 is 0 Å². The van der Waals surface area contributed by atoms with Crippen molar-refractivity contribution in [3.63, 3.8) is 0 Å². The van der Waals surface area contributed by atoms with Gasteiger partial charge in [-0.2, -0.15) is 0 Å². The SMILES string of the molecule is Cn1cc(CC2(N)CCCc3ccccc32)nn1. The minimum absolute atomic E-state index is 0.287. The molecule has 1 unspecified atom stereocenters. The van der Waals surface area contributed by atoms with Gasteiger partial charge in [-0.3, -0.25) is 4.68 Å². The average Bonchev–Trinajstić information content (AvgIpc) is 2.75. The number of fused-ring (bicyclic) bond motifs is 1. The van der Waals surface area contributed by atoms with E-state index in [0.717, 1.165) is 31.4 Å². The van der Waals surface area contributed by atoms with E-state index in [1.165, 1.54) is 11.1 Å². The molecule has 0 saturated heterocycles. The van der Waals surface area contributed by atoms with E-state index in [1.807, 2.05) is 13.2 Å². The minimum Gasteiger partial charge on any atom is -0.321 e. The summed E-state index contributed by atoms with van der Waals surface area (Å²) in [6.45, 7) is 0. The molecular weight excluding hydrogens is 224 g/mol. The third-order valence-electron chi connectivity index (χ3n) is 3.77. The lowest BCUT2D eigenvalue weighted by Gasteiger charge is -2.35. The molecule has 0 bridgehead atoms. The maximum Gasteiger partial charge on any atom is 0.0848 e. The van der Waals surface area contributed by atoms with Crippen molar-refractivity contribution in [3.05, 3.63) is 47.3 Å². The first-order valence-electron chi connectivity index (χ1n) is 6.40. The predicted octanol–water partition coefficient (Wildman–Crippen LogP) is 1.55. The molecule has 0 amide bonds. The number of benzene rings is 1. The standard InChI is InChI=1S/C14H18N4/c1-18-10-12(16-17-18)9-14(15)8-4-6-11-5-2-3-7-13(11)14/h2-3,5,7,10H,4,6,8-9,15H2,1H3. The van der Waals surface area contributed by atoms with E-state index in [9.17, 15) is 0 Å². The van der Waals surface area contributed by atoms with Crippen LogP contribution < -0.4 is 5.73 Å². The summed E-state index contributed by atoms with van der Waals surface area (Å²) >= 11 is 0. The van der Waals surface area contributed by atoms with Crippen molar-refractivity contribution in [3.8, 4) is 0 Å². The fourth-order valence-corrected chi connectivity index (χ4v) is 2.94. The number of aromatic nitrogens is 3. The Morgan fingerprint density at radius 3 is 3.00 bits per heavy atom. The van der Waals surface area contributed by atoms with Crippen LogP contribution >= 0.6 is 0 Å². The fourth-order valence-electron chi connectivity index (χ4n) is 2.94. The topological polar surface area (TPSA) is 56.7 Å². The number of rotatable bonds is 2. The van der Waals surface area contributed by atoms with Gasteiger partial charge in [0.2, 0.25) is 0 Å². The molecule has 2 N–H and O–H groups in total. The zero-order valence-electron chi connectivity index (χ0n) is 10.6. The molecule has 0 aliphatic heterocycles. The van der Waals surface area contributed by atoms with Crippen molar-refractivity contribution >= 4 is 0 Å². The summed E-state index contributed by atoms with van der Waals surface area (Å²) in [7, 11) is 1.88. The van der Waals surface area contributed by atoms with Gasteiger partial charge < -0.3 is 5.73 Å². The van der Waals surface area contributed by atoms with Gasteiger partial charge in [-0.05, 0) is 30.4 Å². The maximum absolute atomic E-state index is 6.63. The van der Waals surface area contributed by atoms with Crippen LogP contribution in [-0.2, 0) is 25.4 Å². The Labute approximate surface area is 107 Å². The second-order valence-electron chi connectivity index (χ2n) is 5.23. The van der Waals surface area contributed by atoms with Crippen LogP contribution in [0.4, 0.5) is 0 Å². The van der Waals surface area contributed by atoms with E-state index in [1.54, 1.807) is 4.68 Å². The molecule has 0 fully saturated rings. The van der Waals surface area contributed by atoms with E-state index in [-0.39, 0.29) is 5.54 Å². The Morgan fingerprint density at radius 2 is 2.22 bits per heavy atom. The first-order chi connectivity index (χ1) is 8.67. The average molecular weight is 242 g/mol. The molecule has 1 aromatic carbocycles. The molecule has 1 aromatic heterocycles. The van der Waals surface area contributed by atoms with Crippen LogP contribution in [0.25, 0.3) is 0 Å². The largest absolute Gasteiger partial charge is 0.321 e. The molecule has 4 nitrogen and oxygen atoms in total. The molecule has 0 spiro atoms. The van der Waals surface area contributed by atoms with Crippen LogP contribution in [0.2, 0.25) is 0 Å². The summed E-state index contributed by atoms with van der Waals surface area (Å²) in [5, 5.41) is 8.14. The highest BCUT2D eigenvalue weighted by Crippen LogP contribution is 2.35. The quantitative estimate of drug-likeness (QED) is 0.869. The van der Waals surface area contributed by atoms with Gasteiger partial charge in [0.25, 0.3) is 0 Å². The van der Waals surface area contributed by atoms with Gasteiger partial charge in [-0.25, -0.2) is 0 Å². The highest BCUT2D eigenvalue weighted by molar-refractivity contribution is 5.36. The van der Waals surface area contributed by atoms with Crippen molar-refractivity contribution in [2.75, 3.05) is 0 Å². The first kappa shape index (κ1) is 11.4. The Morgan fingerprint density at radius 1 is 1.39 bits per heavy atom. The van der Waals surface area contributed by atoms with E-state index in [4.69, 9.17) is 5.73 Å². The Balaban J connectivity index is 1.95. The van der Waals surface area contributed by atoms with Crippen LogP contribution in [0.1, 0.15) is 29.7 Å². The van der Waals surface area contributed by atoms with Crippen molar-refractivity contribution in [2.24, 2.45) is 12.8 Å². The Kier molecular flexibility index (Phi) is 2.67. The summed E-state index contributed by atoms with van der Waals surface area (Å²) in [5.74, 6) is 0. The Bertz CT molecular complexity index is 560. The van der Waals surface area contributed by atoms with Crippen LogP contribution in [0, 0.1) is 0 Å². The fraction of sp³-hybridized carbons (Fsp3) is 0.429. The molecule has 1 atom stereocenters. The minimum atomic E-state index is -0.287. The molecule has 3 rings (SSSR count). The lowest BCUT2D eigenvalue weighted by molar-refractivity contribution is 0.366. The number of nitrogens with zero attached hydrogens (tertiary/aromatic N) is 3. The highest BCUT2D eigenvalue weighted by atomic mass is 15.4. The van der Waals surface area contributed by atoms with E-state index < -0.39 is 0 Å². The molecule has 94 valence electrons. The monoisotopic (exact) mass is 242 g/mol. The third kappa shape index (κ3) is 1.93.